The first-order chi connectivity index (χ1) is 14.3. The third-order valence-electron chi connectivity index (χ3n) is 5.13. The molecule has 0 bridgehead atoms. The van der Waals surface area contributed by atoms with Crippen molar-refractivity contribution in [2.45, 2.75) is 11.8 Å². The van der Waals surface area contributed by atoms with Crippen molar-refractivity contribution in [2.75, 3.05) is 43.6 Å². The Labute approximate surface area is 175 Å². The molecule has 9 nitrogen and oxygen atoms in total. The fourth-order valence-electron chi connectivity index (χ4n) is 3.31. The number of sulfonamides is 1. The molecule has 0 aliphatic carbocycles. The Kier molecular flexibility index (Phi) is 6.68. The SMILES string of the molecule is CCN1CCN(C(=O)CN(c2ccc([N+](=O)[O-])cc2)S(=O)(=O)c2ccccc2)CC1. The smallest absolute Gasteiger partial charge is 0.269 e. The number of anilines is 1. The van der Waals surface area contributed by atoms with Crippen LogP contribution in [0.1, 0.15) is 6.92 Å². The third-order valence-corrected chi connectivity index (χ3v) is 6.92. The molecule has 160 valence electrons. The van der Waals surface area contributed by atoms with Crippen LogP contribution in [0.25, 0.3) is 0 Å². The Hall–Kier alpha value is -2.98. The molecule has 0 atom stereocenters. The van der Waals surface area contributed by atoms with E-state index in [0.717, 1.165) is 23.9 Å². The van der Waals surface area contributed by atoms with Gasteiger partial charge in [-0.2, -0.15) is 0 Å². The molecule has 10 heteroatoms. The summed E-state index contributed by atoms with van der Waals surface area (Å²) in [4.78, 5) is 27.2. The molecule has 30 heavy (non-hydrogen) atoms. The molecule has 0 spiro atoms. The van der Waals surface area contributed by atoms with Gasteiger partial charge in [0.1, 0.15) is 6.54 Å². The summed E-state index contributed by atoms with van der Waals surface area (Å²) in [5.41, 5.74) is 0.0443. The van der Waals surface area contributed by atoms with Crippen LogP contribution in [0.15, 0.2) is 59.5 Å². The second-order valence-corrected chi connectivity index (χ2v) is 8.78. The van der Waals surface area contributed by atoms with Crippen LogP contribution >= 0.6 is 0 Å². The molecule has 1 aliphatic heterocycles. The Morgan fingerprint density at radius 2 is 1.63 bits per heavy atom. The number of carbonyl (C=O) groups excluding carboxylic acids is 1. The van der Waals surface area contributed by atoms with Gasteiger partial charge in [-0.3, -0.25) is 19.2 Å². The van der Waals surface area contributed by atoms with Crippen molar-refractivity contribution < 1.29 is 18.1 Å². The summed E-state index contributed by atoms with van der Waals surface area (Å²) >= 11 is 0. The van der Waals surface area contributed by atoms with Gasteiger partial charge in [-0.15, -0.1) is 0 Å². The average Bonchev–Trinajstić information content (AvgIpc) is 2.78. The van der Waals surface area contributed by atoms with Crippen LogP contribution in [0.2, 0.25) is 0 Å². The summed E-state index contributed by atoms with van der Waals surface area (Å²) in [7, 11) is -4.03. The first-order valence-corrected chi connectivity index (χ1v) is 11.1. The van der Waals surface area contributed by atoms with E-state index in [1.165, 1.54) is 36.4 Å². The van der Waals surface area contributed by atoms with Gasteiger partial charge < -0.3 is 9.80 Å². The van der Waals surface area contributed by atoms with Crippen molar-refractivity contribution in [1.82, 2.24) is 9.80 Å². The lowest BCUT2D eigenvalue weighted by atomic mass is 10.2. The number of piperazine rings is 1. The number of nitro groups is 1. The summed E-state index contributed by atoms with van der Waals surface area (Å²) < 4.78 is 27.6. The van der Waals surface area contributed by atoms with Gasteiger partial charge in [-0.05, 0) is 30.8 Å². The summed E-state index contributed by atoms with van der Waals surface area (Å²) in [6.07, 6.45) is 0. The van der Waals surface area contributed by atoms with Crippen LogP contribution in [0.3, 0.4) is 0 Å². The van der Waals surface area contributed by atoms with E-state index in [1.54, 1.807) is 23.1 Å². The number of likely N-dealkylation sites (N-methyl/N-ethyl adjacent to an activating group) is 1. The maximum Gasteiger partial charge on any atom is 0.269 e. The molecular weight excluding hydrogens is 408 g/mol. The molecule has 1 heterocycles. The van der Waals surface area contributed by atoms with E-state index in [9.17, 15) is 23.3 Å². The van der Waals surface area contributed by atoms with E-state index in [1.807, 2.05) is 0 Å². The largest absolute Gasteiger partial charge is 0.339 e. The lowest BCUT2D eigenvalue weighted by molar-refractivity contribution is -0.384. The highest BCUT2D eigenvalue weighted by atomic mass is 32.2. The number of amides is 1. The molecule has 2 aromatic carbocycles. The highest BCUT2D eigenvalue weighted by molar-refractivity contribution is 7.92. The van der Waals surface area contributed by atoms with E-state index in [4.69, 9.17) is 0 Å². The van der Waals surface area contributed by atoms with Crippen LogP contribution in [0.5, 0.6) is 0 Å². The molecule has 0 N–H and O–H groups in total. The van der Waals surface area contributed by atoms with Crippen LogP contribution in [0.4, 0.5) is 11.4 Å². The van der Waals surface area contributed by atoms with Gasteiger partial charge in [0.2, 0.25) is 5.91 Å². The van der Waals surface area contributed by atoms with Crippen molar-refractivity contribution in [2.24, 2.45) is 0 Å². The Bertz CT molecular complexity index is 988. The number of carbonyl (C=O) groups is 1. The third kappa shape index (κ3) is 4.77. The molecule has 0 aromatic heterocycles. The monoisotopic (exact) mass is 432 g/mol. The Morgan fingerprint density at radius 3 is 2.17 bits per heavy atom. The van der Waals surface area contributed by atoms with Gasteiger partial charge in [0.25, 0.3) is 15.7 Å². The quantitative estimate of drug-likeness (QED) is 0.489. The zero-order valence-electron chi connectivity index (χ0n) is 16.7. The van der Waals surface area contributed by atoms with Crippen molar-refractivity contribution in [3.63, 3.8) is 0 Å². The molecule has 0 unspecified atom stereocenters. The van der Waals surface area contributed by atoms with E-state index < -0.39 is 14.9 Å². The fraction of sp³-hybridized carbons (Fsp3) is 0.350. The molecule has 3 rings (SSSR count). The first-order valence-electron chi connectivity index (χ1n) is 9.65. The first kappa shape index (κ1) is 21.7. The van der Waals surface area contributed by atoms with E-state index in [2.05, 4.69) is 11.8 Å². The van der Waals surface area contributed by atoms with Crippen molar-refractivity contribution >= 4 is 27.3 Å². The van der Waals surface area contributed by atoms with E-state index >= 15 is 0 Å². The number of nitro benzene ring substituents is 1. The minimum Gasteiger partial charge on any atom is -0.339 e. The zero-order chi connectivity index (χ0) is 21.7. The van der Waals surface area contributed by atoms with Crippen molar-refractivity contribution in [3.05, 3.63) is 64.7 Å². The molecule has 1 saturated heterocycles. The fourth-order valence-corrected chi connectivity index (χ4v) is 4.75. The number of non-ortho nitro benzene ring substituents is 1. The number of rotatable bonds is 7. The average molecular weight is 433 g/mol. The second kappa shape index (κ2) is 9.23. The standard InChI is InChI=1S/C20H24N4O5S/c1-2-21-12-14-22(15-13-21)20(25)16-23(17-8-10-18(11-9-17)24(26)27)30(28,29)19-6-4-3-5-7-19/h3-11H,2,12-16H2,1H3. The van der Waals surface area contributed by atoms with Gasteiger partial charge in [0.15, 0.2) is 0 Å². The Balaban J connectivity index is 1.90. The zero-order valence-corrected chi connectivity index (χ0v) is 17.5. The molecule has 0 radical (unpaired) electrons. The molecule has 2 aromatic rings. The topological polar surface area (TPSA) is 104 Å². The number of nitrogens with zero attached hydrogens (tertiary/aromatic N) is 4. The van der Waals surface area contributed by atoms with Gasteiger partial charge in [-0.25, -0.2) is 8.42 Å². The number of benzene rings is 2. The summed E-state index contributed by atoms with van der Waals surface area (Å²) in [5.74, 6) is -0.302. The van der Waals surface area contributed by atoms with Gasteiger partial charge in [0.05, 0.1) is 15.5 Å². The summed E-state index contributed by atoms with van der Waals surface area (Å²) in [6.45, 7) is 5.13. The molecule has 1 aliphatic rings. The highest BCUT2D eigenvalue weighted by Gasteiger charge is 2.30. The maximum absolute atomic E-state index is 13.3. The lowest BCUT2D eigenvalue weighted by Crippen LogP contribution is -2.51. The number of hydrogen-bond donors (Lipinski definition) is 0. The van der Waals surface area contributed by atoms with Crippen LogP contribution in [-0.4, -0.2) is 68.3 Å². The second-order valence-electron chi connectivity index (χ2n) is 6.91. The summed E-state index contributed by atoms with van der Waals surface area (Å²) in [5, 5.41) is 10.9. The van der Waals surface area contributed by atoms with Crippen molar-refractivity contribution in [1.29, 1.82) is 0 Å². The maximum atomic E-state index is 13.3. The van der Waals surface area contributed by atoms with Crippen LogP contribution in [-0.2, 0) is 14.8 Å². The van der Waals surface area contributed by atoms with Crippen LogP contribution < -0.4 is 4.31 Å². The predicted octanol–water partition coefficient (Wildman–Crippen LogP) is 1.95. The molecular formula is C20H24N4O5S. The molecule has 0 saturated carbocycles. The molecule has 1 fully saturated rings. The normalized spacial score (nSPS) is 15.0. The highest BCUT2D eigenvalue weighted by Crippen LogP contribution is 2.26. The minimum atomic E-state index is -4.03. The number of hydrogen-bond acceptors (Lipinski definition) is 6. The predicted molar refractivity (Wildman–Crippen MR) is 113 cm³/mol. The van der Waals surface area contributed by atoms with Gasteiger partial charge >= 0.3 is 0 Å². The van der Waals surface area contributed by atoms with Gasteiger partial charge in [0, 0.05) is 38.3 Å². The van der Waals surface area contributed by atoms with Crippen molar-refractivity contribution in [3.8, 4) is 0 Å². The lowest BCUT2D eigenvalue weighted by Gasteiger charge is -2.35. The van der Waals surface area contributed by atoms with Gasteiger partial charge in [-0.1, -0.05) is 25.1 Å². The Morgan fingerprint density at radius 1 is 1.03 bits per heavy atom. The summed E-state index contributed by atoms with van der Waals surface area (Å²) in [6, 6.07) is 13.0. The van der Waals surface area contributed by atoms with Crippen LogP contribution in [0, 0.1) is 10.1 Å². The van der Waals surface area contributed by atoms with E-state index in [0.29, 0.717) is 13.1 Å². The minimum absolute atomic E-state index is 0.0481. The molecule has 1 amide bonds. The van der Waals surface area contributed by atoms with E-state index in [-0.39, 0.29) is 28.7 Å².